The van der Waals surface area contributed by atoms with Gasteiger partial charge in [0.1, 0.15) is 17.2 Å². The Morgan fingerprint density at radius 1 is 1.12 bits per heavy atom. The molecule has 0 amide bonds. The summed E-state index contributed by atoms with van der Waals surface area (Å²) in [6.45, 7) is 8.10. The van der Waals surface area contributed by atoms with E-state index in [-0.39, 0.29) is 6.04 Å². The zero-order chi connectivity index (χ0) is 18.3. The summed E-state index contributed by atoms with van der Waals surface area (Å²) >= 11 is 0. The monoisotopic (exact) mass is 347 g/mol. The van der Waals surface area contributed by atoms with Crippen LogP contribution in [0, 0.1) is 20.8 Å². The fourth-order valence-corrected chi connectivity index (χ4v) is 3.28. The summed E-state index contributed by atoms with van der Waals surface area (Å²) in [5, 5.41) is 9.00. The molecule has 0 saturated heterocycles. The zero-order valence-electron chi connectivity index (χ0n) is 15.3. The van der Waals surface area contributed by atoms with Crippen molar-refractivity contribution in [1.82, 2.24) is 19.7 Å². The number of aryl methyl sites for hydroxylation is 3. The van der Waals surface area contributed by atoms with Gasteiger partial charge in [-0.2, -0.15) is 5.10 Å². The van der Waals surface area contributed by atoms with Gasteiger partial charge >= 0.3 is 0 Å². The maximum absolute atomic E-state index is 6.04. The van der Waals surface area contributed by atoms with Crippen LogP contribution in [0.25, 0.3) is 16.8 Å². The summed E-state index contributed by atoms with van der Waals surface area (Å²) in [6.07, 6.45) is 3.42. The SMILES string of the molecule is Cc1cc(C)n(-c2cncc(NC(C)c3oc4ccccc4c3C)n2)n1. The standard InChI is InChI=1S/C20H21N5O/c1-12-9-13(2)25(24-12)19-11-21-10-18(23-19)22-15(4)20-14(3)16-7-5-6-8-17(16)26-20/h5-11,15H,1-4H3,(H,22,23). The lowest BCUT2D eigenvalue weighted by atomic mass is 10.1. The first-order valence-electron chi connectivity index (χ1n) is 8.63. The first-order chi connectivity index (χ1) is 12.5. The lowest BCUT2D eigenvalue weighted by Gasteiger charge is -2.14. The molecule has 0 saturated carbocycles. The highest BCUT2D eigenvalue weighted by Gasteiger charge is 2.17. The minimum absolute atomic E-state index is 0.0348. The third-order valence-electron chi connectivity index (χ3n) is 4.49. The number of benzene rings is 1. The number of para-hydroxylation sites is 1. The van der Waals surface area contributed by atoms with Crippen LogP contribution in [0.1, 0.15) is 35.7 Å². The van der Waals surface area contributed by atoms with Gasteiger partial charge in [-0.15, -0.1) is 0 Å². The molecule has 3 aromatic heterocycles. The highest BCUT2D eigenvalue weighted by atomic mass is 16.3. The predicted octanol–water partition coefficient (Wildman–Crippen LogP) is 4.51. The Kier molecular flexibility index (Phi) is 3.95. The maximum Gasteiger partial charge on any atom is 0.174 e. The Hall–Kier alpha value is -3.15. The Morgan fingerprint density at radius 2 is 1.92 bits per heavy atom. The molecule has 4 rings (SSSR count). The molecule has 1 atom stereocenters. The molecule has 0 bridgehead atoms. The van der Waals surface area contributed by atoms with Crippen molar-refractivity contribution >= 4 is 16.8 Å². The number of hydrogen-bond donors (Lipinski definition) is 1. The van der Waals surface area contributed by atoms with Crippen molar-refractivity contribution < 1.29 is 4.42 Å². The minimum atomic E-state index is -0.0348. The molecule has 0 aliphatic heterocycles. The summed E-state index contributed by atoms with van der Waals surface area (Å²) in [5.74, 6) is 2.28. The van der Waals surface area contributed by atoms with Crippen LogP contribution in [-0.2, 0) is 0 Å². The number of furan rings is 1. The van der Waals surface area contributed by atoms with Crippen LogP contribution in [0.4, 0.5) is 5.82 Å². The predicted molar refractivity (Wildman–Crippen MR) is 102 cm³/mol. The highest BCUT2D eigenvalue weighted by molar-refractivity contribution is 5.82. The number of nitrogens with one attached hydrogen (secondary N) is 1. The van der Waals surface area contributed by atoms with Crippen molar-refractivity contribution in [3.63, 3.8) is 0 Å². The number of fused-ring (bicyclic) bond motifs is 1. The first kappa shape index (κ1) is 16.3. The number of hydrogen-bond acceptors (Lipinski definition) is 5. The van der Waals surface area contributed by atoms with E-state index < -0.39 is 0 Å². The summed E-state index contributed by atoms with van der Waals surface area (Å²) in [7, 11) is 0. The van der Waals surface area contributed by atoms with Gasteiger partial charge in [-0.05, 0) is 39.8 Å². The van der Waals surface area contributed by atoms with E-state index in [0.717, 1.165) is 33.7 Å². The molecule has 0 aliphatic carbocycles. The molecule has 0 spiro atoms. The molecule has 132 valence electrons. The van der Waals surface area contributed by atoms with Gasteiger partial charge < -0.3 is 9.73 Å². The van der Waals surface area contributed by atoms with E-state index >= 15 is 0 Å². The zero-order valence-corrected chi connectivity index (χ0v) is 15.3. The second kappa shape index (κ2) is 6.29. The third kappa shape index (κ3) is 2.83. The molecule has 1 aromatic carbocycles. The molecular formula is C20H21N5O. The molecular weight excluding hydrogens is 326 g/mol. The topological polar surface area (TPSA) is 68.8 Å². The molecule has 4 aromatic rings. The molecule has 26 heavy (non-hydrogen) atoms. The van der Waals surface area contributed by atoms with Crippen molar-refractivity contribution in [2.24, 2.45) is 0 Å². The maximum atomic E-state index is 6.04. The van der Waals surface area contributed by atoms with Gasteiger partial charge in [0, 0.05) is 16.6 Å². The summed E-state index contributed by atoms with van der Waals surface area (Å²) in [5.41, 5.74) is 4.02. The van der Waals surface area contributed by atoms with Gasteiger partial charge in [-0.3, -0.25) is 4.98 Å². The quantitative estimate of drug-likeness (QED) is 0.588. The molecule has 1 unspecified atom stereocenters. The number of anilines is 1. The fraction of sp³-hybridized carbons (Fsp3) is 0.250. The van der Waals surface area contributed by atoms with E-state index in [4.69, 9.17) is 4.42 Å². The summed E-state index contributed by atoms with van der Waals surface area (Å²) in [6, 6.07) is 10.1. The van der Waals surface area contributed by atoms with Crippen molar-refractivity contribution in [3.8, 4) is 5.82 Å². The van der Waals surface area contributed by atoms with Crippen molar-refractivity contribution in [3.05, 3.63) is 65.4 Å². The third-order valence-corrected chi connectivity index (χ3v) is 4.49. The average molecular weight is 347 g/mol. The molecule has 3 heterocycles. The largest absolute Gasteiger partial charge is 0.459 e. The van der Waals surface area contributed by atoms with Crippen molar-refractivity contribution in [2.45, 2.75) is 33.7 Å². The Bertz CT molecular complexity index is 1080. The van der Waals surface area contributed by atoms with Gasteiger partial charge in [0.25, 0.3) is 0 Å². The lowest BCUT2D eigenvalue weighted by Crippen LogP contribution is -2.10. The molecule has 1 N–H and O–H groups in total. The van der Waals surface area contributed by atoms with Gasteiger partial charge in [0.2, 0.25) is 0 Å². The average Bonchev–Trinajstić information content (AvgIpc) is 3.15. The van der Waals surface area contributed by atoms with Crippen LogP contribution < -0.4 is 5.32 Å². The van der Waals surface area contributed by atoms with Gasteiger partial charge in [0.15, 0.2) is 5.82 Å². The molecule has 0 fully saturated rings. The highest BCUT2D eigenvalue weighted by Crippen LogP contribution is 2.30. The Morgan fingerprint density at radius 3 is 2.65 bits per heavy atom. The first-order valence-corrected chi connectivity index (χ1v) is 8.63. The number of aromatic nitrogens is 4. The van der Waals surface area contributed by atoms with Crippen LogP contribution in [0.15, 0.2) is 47.1 Å². The minimum Gasteiger partial charge on any atom is -0.459 e. The smallest absolute Gasteiger partial charge is 0.174 e. The van der Waals surface area contributed by atoms with E-state index in [1.54, 1.807) is 17.1 Å². The Labute approximate surface area is 151 Å². The second-order valence-corrected chi connectivity index (χ2v) is 6.55. The summed E-state index contributed by atoms with van der Waals surface area (Å²) < 4.78 is 7.84. The van der Waals surface area contributed by atoms with Crippen LogP contribution in [0.5, 0.6) is 0 Å². The van der Waals surface area contributed by atoms with E-state index in [1.807, 2.05) is 38.1 Å². The van der Waals surface area contributed by atoms with Crippen molar-refractivity contribution in [1.29, 1.82) is 0 Å². The van der Waals surface area contributed by atoms with Crippen LogP contribution in [0.2, 0.25) is 0 Å². The lowest BCUT2D eigenvalue weighted by molar-refractivity contribution is 0.521. The van der Waals surface area contributed by atoms with Crippen LogP contribution in [-0.4, -0.2) is 19.7 Å². The molecule has 6 heteroatoms. The van der Waals surface area contributed by atoms with E-state index in [2.05, 4.69) is 40.3 Å². The number of rotatable bonds is 4. The normalized spacial score (nSPS) is 12.5. The molecule has 0 radical (unpaired) electrons. The van der Waals surface area contributed by atoms with Crippen LogP contribution >= 0.6 is 0 Å². The van der Waals surface area contributed by atoms with Crippen molar-refractivity contribution in [2.75, 3.05) is 5.32 Å². The van der Waals surface area contributed by atoms with Gasteiger partial charge in [-0.1, -0.05) is 18.2 Å². The Balaban J connectivity index is 1.63. The van der Waals surface area contributed by atoms with Crippen LogP contribution in [0.3, 0.4) is 0 Å². The second-order valence-electron chi connectivity index (χ2n) is 6.55. The molecule has 6 nitrogen and oxygen atoms in total. The van der Waals surface area contributed by atoms with E-state index in [9.17, 15) is 0 Å². The van der Waals surface area contributed by atoms with Gasteiger partial charge in [-0.25, -0.2) is 9.67 Å². The fourth-order valence-electron chi connectivity index (χ4n) is 3.28. The number of nitrogens with zero attached hydrogens (tertiary/aromatic N) is 4. The van der Waals surface area contributed by atoms with E-state index in [0.29, 0.717) is 11.6 Å². The molecule has 0 aliphatic rings. The van der Waals surface area contributed by atoms with Gasteiger partial charge in [0.05, 0.1) is 24.1 Å². The van der Waals surface area contributed by atoms with E-state index in [1.165, 1.54) is 0 Å². The summed E-state index contributed by atoms with van der Waals surface area (Å²) in [4.78, 5) is 8.96.